The van der Waals surface area contributed by atoms with Gasteiger partial charge >= 0.3 is 0 Å². The molecule has 7 heteroatoms. The monoisotopic (exact) mass is 406 g/mol. The number of rotatable bonds is 5. The minimum absolute atomic E-state index is 0. The molecular formula is C16H28BrClN4O. The zero-order valence-electron chi connectivity index (χ0n) is 13.9. The number of ketones is 1. The Kier molecular flexibility index (Phi) is 11.2. The third-order valence-electron chi connectivity index (χ3n) is 3.32. The molecule has 0 atom stereocenters. The minimum atomic E-state index is 0. The quantitative estimate of drug-likeness (QED) is 0.393. The molecule has 0 aromatic carbocycles. The molecule has 132 valence electrons. The van der Waals surface area contributed by atoms with Gasteiger partial charge in [-0.05, 0) is 57.8 Å². The first-order chi connectivity index (χ1) is 10.4. The maximum absolute atomic E-state index is 10.6. The molecule has 1 heterocycles. The summed E-state index contributed by atoms with van der Waals surface area (Å²) in [5, 5.41) is 6.82. The van der Waals surface area contributed by atoms with Crippen molar-refractivity contribution in [3.63, 3.8) is 0 Å². The van der Waals surface area contributed by atoms with Crippen molar-refractivity contribution >= 4 is 40.0 Å². The average molecular weight is 408 g/mol. The topological polar surface area (TPSA) is 95.6 Å². The molecular weight excluding hydrogens is 380 g/mol. The number of hydrogen-bond donors (Lipinski definition) is 3. The number of carbonyl (C=O) groups excluding carboxylic acids is 1. The van der Waals surface area contributed by atoms with Gasteiger partial charge in [-0.1, -0.05) is 15.9 Å². The lowest BCUT2D eigenvalue weighted by Gasteiger charge is -1.89. The van der Waals surface area contributed by atoms with Crippen LogP contribution in [0.1, 0.15) is 50.5 Å². The van der Waals surface area contributed by atoms with Crippen LogP contribution in [0.15, 0.2) is 6.20 Å². The first kappa shape index (κ1) is 22.1. The lowest BCUT2D eigenvalue weighted by molar-refractivity contribution is -0.116. The van der Waals surface area contributed by atoms with Crippen molar-refractivity contribution in [2.75, 3.05) is 5.33 Å². The number of amidine groups is 1. The predicted molar refractivity (Wildman–Crippen MR) is 101 cm³/mol. The summed E-state index contributed by atoms with van der Waals surface area (Å²) in [4.78, 5) is 18.0. The summed E-state index contributed by atoms with van der Waals surface area (Å²) in [7, 11) is 0. The van der Waals surface area contributed by atoms with Crippen molar-refractivity contribution in [2.45, 2.75) is 52.4 Å². The first-order valence-electron chi connectivity index (χ1n) is 7.79. The molecule has 3 rings (SSSR count). The number of halogens is 2. The highest BCUT2D eigenvalue weighted by Gasteiger charge is 2.23. The summed E-state index contributed by atoms with van der Waals surface area (Å²) in [6, 6.07) is 0. The van der Waals surface area contributed by atoms with Crippen LogP contribution in [0, 0.1) is 24.2 Å². The molecule has 2 saturated carbocycles. The largest absolute Gasteiger partial charge is 0.388 e. The number of carbonyl (C=O) groups is 1. The van der Waals surface area contributed by atoms with E-state index in [0.29, 0.717) is 11.1 Å². The van der Waals surface area contributed by atoms with Crippen molar-refractivity contribution in [1.29, 1.82) is 5.41 Å². The zero-order chi connectivity index (χ0) is 16.5. The van der Waals surface area contributed by atoms with E-state index in [1.54, 1.807) is 0 Å². The number of alkyl halides is 1. The van der Waals surface area contributed by atoms with E-state index < -0.39 is 0 Å². The number of aromatic amines is 1. The standard InChI is InChI=1S/C8H12N2.C6H9BrO.C2H6N2.ClH/c1-6-9-5-8(10-6)4-7-2-3-7;7-4-6(8)3-5-1-2-5;1-2(3)4;/h5,7H,2-4H2,1H3,(H,9,10);5H,1-4H2;1H3,(H3,3,4);1H. The van der Waals surface area contributed by atoms with Crippen LogP contribution in [0.25, 0.3) is 0 Å². The Balaban J connectivity index is 0.000000338. The van der Waals surface area contributed by atoms with Gasteiger partial charge < -0.3 is 10.7 Å². The summed E-state index contributed by atoms with van der Waals surface area (Å²) in [5.41, 5.74) is 6.00. The maximum atomic E-state index is 10.6. The number of aryl methyl sites for hydroxylation is 1. The molecule has 0 radical (unpaired) electrons. The first-order valence-corrected chi connectivity index (χ1v) is 8.91. The van der Waals surface area contributed by atoms with Crippen molar-refractivity contribution in [3.8, 4) is 0 Å². The fourth-order valence-corrected chi connectivity index (χ4v) is 2.14. The number of H-pyrrole nitrogens is 1. The van der Waals surface area contributed by atoms with Gasteiger partial charge in [0.05, 0.1) is 11.2 Å². The van der Waals surface area contributed by atoms with Crippen LogP contribution in [-0.2, 0) is 11.2 Å². The Morgan fingerprint density at radius 1 is 1.39 bits per heavy atom. The van der Waals surface area contributed by atoms with Gasteiger partial charge in [0.2, 0.25) is 0 Å². The number of nitrogens with one attached hydrogen (secondary N) is 2. The van der Waals surface area contributed by atoms with Crippen LogP contribution in [0.4, 0.5) is 0 Å². The Labute approximate surface area is 153 Å². The van der Waals surface area contributed by atoms with Crippen LogP contribution in [-0.4, -0.2) is 26.9 Å². The Hall–Kier alpha value is -0.880. The molecule has 1 aromatic rings. The van der Waals surface area contributed by atoms with Gasteiger partial charge in [0.15, 0.2) is 0 Å². The molecule has 1 aromatic heterocycles. The summed E-state index contributed by atoms with van der Waals surface area (Å²) >= 11 is 3.12. The van der Waals surface area contributed by atoms with Gasteiger partial charge in [0, 0.05) is 18.3 Å². The SMILES string of the molecule is CC(=N)N.Cc1ncc(CC2CC2)[nH]1.Cl.O=C(CBr)CC1CC1. The number of imidazole rings is 1. The fraction of sp³-hybridized carbons (Fsp3) is 0.688. The number of Topliss-reactive ketones (excluding diaryl/α,β-unsaturated/α-hetero) is 1. The Morgan fingerprint density at radius 2 is 1.91 bits per heavy atom. The molecule has 0 saturated heterocycles. The second kappa shape index (κ2) is 11.6. The van der Waals surface area contributed by atoms with Crippen LogP contribution in [0.3, 0.4) is 0 Å². The Bertz CT molecular complexity index is 480. The highest BCUT2D eigenvalue weighted by molar-refractivity contribution is 9.09. The molecule has 2 aliphatic rings. The average Bonchev–Trinajstić information content (AvgIpc) is 3.33. The van der Waals surface area contributed by atoms with Gasteiger partial charge in [-0.2, -0.15) is 0 Å². The van der Waals surface area contributed by atoms with Crippen LogP contribution in [0.5, 0.6) is 0 Å². The summed E-state index contributed by atoms with van der Waals surface area (Å²) in [6.45, 7) is 3.52. The van der Waals surface area contributed by atoms with E-state index >= 15 is 0 Å². The maximum Gasteiger partial charge on any atom is 0.143 e. The normalized spacial score (nSPS) is 15.3. The molecule has 0 amide bonds. The summed E-state index contributed by atoms with van der Waals surface area (Å²) in [5.74, 6) is 3.27. The van der Waals surface area contributed by atoms with Crippen molar-refractivity contribution in [3.05, 3.63) is 17.7 Å². The van der Waals surface area contributed by atoms with Gasteiger partial charge in [0.25, 0.3) is 0 Å². The predicted octanol–water partition coefficient (Wildman–Crippen LogP) is 3.79. The van der Waals surface area contributed by atoms with Crippen LogP contribution in [0.2, 0.25) is 0 Å². The lowest BCUT2D eigenvalue weighted by Crippen LogP contribution is -2.00. The molecule has 0 spiro atoms. The third kappa shape index (κ3) is 13.3. The van der Waals surface area contributed by atoms with Gasteiger partial charge in [0.1, 0.15) is 11.6 Å². The number of nitrogens with two attached hydrogens (primary N) is 1. The van der Waals surface area contributed by atoms with E-state index in [1.807, 2.05) is 13.1 Å². The second-order valence-corrected chi connectivity index (χ2v) is 6.70. The van der Waals surface area contributed by atoms with E-state index in [9.17, 15) is 4.79 Å². The van der Waals surface area contributed by atoms with Crippen molar-refractivity contribution < 1.29 is 4.79 Å². The summed E-state index contributed by atoms with van der Waals surface area (Å²) in [6.07, 6.45) is 9.35. The lowest BCUT2D eigenvalue weighted by atomic mass is 10.2. The molecule has 2 fully saturated rings. The van der Waals surface area contributed by atoms with E-state index in [4.69, 9.17) is 11.1 Å². The smallest absolute Gasteiger partial charge is 0.143 e. The number of nitrogens with zero attached hydrogens (tertiary/aromatic N) is 1. The molecule has 5 nitrogen and oxygen atoms in total. The van der Waals surface area contributed by atoms with E-state index in [-0.39, 0.29) is 18.2 Å². The van der Waals surface area contributed by atoms with Gasteiger partial charge in [-0.25, -0.2) is 4.98 Å². The van der Waals surface area contributed by atoms with Crippen LogP contribution < -0.4 is 5.73 Å². The number of aromatic nitrogens is 2. The molecule has 2 aliphatic carbocycles. The molecule has 0 unspecified atom stereocenters. The fourth-order valence-electron chi connectivity index (χ4n) is 1.91. The second-order valence-electron chi connectivity index (χ2n) is 6.14. The van der Waals surface area contributed by atoms with Crippen molar-refractivity contribution in [2.24, 2.45) is 17.6 Å². The van der Waals surface area contributed by atoms with Crippen LogP contribution >= 0.6 is 28.3 Å². The molecule has 0 aliphatic heterocycles. The van der Waals surface area contributed by atoms with Gasteiger partial charge in [-0.15, -0.1) is 12.4 Å². The minimum Gasteiger partial charge on any atom is -0.388 e. The highest BCUT2D eigenvalue weighted by atomic mass is 79.9. The van der Waals surface area contributed by atoms with E-state index in [0.717, 1.165) is 24.1 Å². The molecule has 4 N–H and O–H groups in total. The third-order valence-corrected chi connectivity index (χ3v) is 3.95. The van der Waals surface area contributed by atoms with E-state index in [1.165, 1.54) is 44.7 Å². The molecule has 23 heavy (non-hydrogen) atoms. The zero-order valence-corrected chi connectivity index (χ0v) is 16.3. The van der Waals surface area contributed by atoms with E-state index in [2.05, 4.69) is 25.9 Å². The number of hydrogen-bond acceptors (Lipinski definition) is 3. The Morgan fingerprint density at radius 3 is 2.26 bits per heavy atom. The molecule has 0 bridgehead atoms. The summed E-state index contributed by atoms with van der Waals surface area (Å²) < 4.78 is 0. The van der Waals surface area contributed by atoms with Crippen molar-refractivity contribution in [1.82, 2.24) is 9.97 Å². The highest BCUT2D eigenvalue weighted by Crippen LogP contribution is 2.32. The van der Waals surface area contributed by atoms with Gasteiger partial charge in [-0.3, -0.25) is 10.2 Å².